The molecule has 0 saturated carbocycles. The summed E-state index contributed by atoms with van der Waals surface area (Å²) in [7, 11) is 0. The third-order valence-corrected chi connectivity index (χ3v) is 5.56. The number of aromatic nitrogens is 3. The van der Waals surface area contributed by atoms with Crippen molar-refractivity contribution in [1.82, 2.24) is 20.0 Å². The van der Waals surface area contributed by atoms with Gasteiger partial charge < -0.3 is 4.52 Å². The van der Waals surface area contributed by atoms with Crippen LogP contribution in [-0.4, -0.2) is 26.6 Å². The molecule has 1 aliphatic heterocycles. The fraction of sp³-hybridized carbons (Fsp3) is 0.350. The molecule has 0 N–H and O–H groups in total. The molecular weight excluding hydrogens is 344 g/mol. The number of aryl methyl sites for hydroxylation is 1. The smallest absolute Gasteiger partial charge is 0.187 e. The maximum atomic E-state index is 5.48. The summed E-state index contributed by atoms with van der Waals surface area (Å²) in [6.07, 6.45) is 6.18. The Morgan fingerprint density at radius 3 is 2.69 bits per heavy atom. The highest BCUT2D eigenvalue weighted by Crippen LogP contribution is 2.33. The standard InChI is InChI=1S/C20H22N4OS/c1-15-10-19(25-23-15)18-8-5-9-24(18)13-17-11-21-20(22-12-17)26-14-16-6-3-2-4-7-16/h2-4,6-7,10-12,18H,5,8-9,13-14H2,1H3/t18-/m1/s1. The zero-order valence-electron chi connectivity index (χ0n) is 14.8. The molecule has 6 heteroatoms. The van der Waals surface area contributed by atoms with Gasteiger partial charge in [-0.2, -0.15) is 0 Å². The van der Waals surface area contributed by atoms with Crippen LogP contribution in [0.5, 0.6) is 0 Å². The predicted molar refractivity (Wildman–Crippen MR) is 102 cm³/mol. The Hall–Kier alpha value is -2.18. The Kier molecular flexibility index (Phi) is 5.32. The molecule has 0 spiro atoms. The molecule has 2 aromatic heterocycles. The van der Waals surface area contributed by atoms with Crippen LogP contribution in [0.2, 0.25) is 0 Å². The lowest BCUT2D eigenvalue weighted by molar-refractivity contribution is 0.206. The third kappa shape index (κ3) is 4.14. The topological polar surface area (TPSA) is 55.1 Å². The number of hydrogen-bond donors (Lipinski definition) is 0. The molecule has 1 saturated heterocycles. The van der Waals surface area contributed by atoms with E-state index in [0.29, 0.717) is 6.04 Å². The first-order valence-corrected chi connectivity index (χ1v) is 9.91. The summed E-state index contributed by atoms with van der Waals surface area (Å²) in [5, 5.41) is 4.85. The summed E-state index contributed by atoms with van der Waals surface area (Å²) in [6, 6.07) is 12.8. The van der Waals surface area contributed by atoms with E-state index in [0.717, 1.165) is 47.4 Å². The van der Waals surface area contributed by atoms with E-state index in [1.165, 1.54) is 12.0 Å². The molecule has 1 aliphatic rings. The van der Waals surface area contributed by atoms with Crippen LogP contribution >= 0.6 is 11.8 Å². The highest BCUT2D eigenvalue weighted by atomic mass is 32.2. The van der Waals surface area contributed by atoms with Crippen LogP contribution in [0.3, 0.4) is 0 Å². The van der Waals surface area contributed by atoms with Crippen molar-refractivity contribution in [3.05, 3.63) is 71.4 Å². The van der Waals surface area contributed by atoms with Crippen molar-refractivity contribution in [1.29, 1.82) is 0 Å². The van der Waals surface area contributed by atoms with Gasteiger partial charge in [0.25, 0.3) is 0 Å². The molecule has 1 atom stereocenters. The molecular formula is C20H22N4OS. The van der Waals surface area contributed by atoms with Gasteiger partial charge in [-0.15, -0.1) is 0 Å². The van der Waals surface area contributed by atoms with Gasteiger partial charge in [0, 0.05) is 36.3 Å². The lowest BCUT2D eigenvalue weighted by atomic mass is 10.1. The van der Waals surface area contributed by atoms with Gasteiger partial charge in [-0.3, -0.25) is 4.90 Å². The first kappa shape index (κ1) is 17.2. The molecule has 3 heterocycles. The van der Waals surface area contributed by atoms with Crippen LogP contribution in [0.15, 0.2) is 58.5 Å². The maximum absolute atomic E-state index is 5.48. The molecule has 134 valence electrons. The van der Waals surface area contributed by atoms with Crippen LogP contribution in [0.25, 0.3) is 0 Å². The number of thioether (sulfide) groups is 1. The van der Waals surface area contributed by atoms with Gasteiger partial charge in [-0.25, -0.2) is 9.97 Å². The second-order valence-corrected chi connectivity index (χ2v) is 7.59. The van der Waals surface area contributed by atoms with Crippen molar-refractivity contribution in [3.8, 4) is 0 Å². The van der Waals surface area contributed by atoms with E-state index in [1.807, 2.05) is 31.5 Å². The van der Waals surface area contributed by atoms with Gasteiger partial charge in [0.15, 0.2) is 10.9 Å². The monoisotopic (exact) mass is 366 g/mol. The zero-order chi connectivity index (χ0) is 17.8. The number of nitrogens with zero attached hydrogens (tertiary/aromatic N) is 4. The van der Waals surface area contributed by atoms with Crippen LogP contribution in [-0.2, 0) is 12.3 Å². The second-order valence-electron chi connectivity index (χ2n) is 6.65. The van der Waals surface area contributed by atoms with E-state index in [9.17, 15) is 0 Å². The Bertz CT molecular complexity index is 835. The van der Waals surface area contributed by atoms with Crippen molar-refractivity contribution < 1.29 is 4.52 Å². The van der Waals surface area contributed by atoms with Crippen molar-refractivity contribution in [2.75, 3.05) is 6.54 Å². The van der Waals surface area contributed by atoms with Crippen molar-refractivity contribution in [2.24, 2.45) is 0 Å². The number of benzene rings is 1. The maximum Gasteiger partial charge on any atom is 0.187 e. The molecule has 4 rings (SSSR count). The Balaban J connectivity index is 1.36. The van der Waals surface area contributed by atoms with E-state index < -0.39 is 0 Å². The second kappa shape index (κ2) is 8.01. The summed E-state index contributed by atoms with van der Waals surface area (Å²) in [5.74, 6) is 1.86. The van der Waals surface area contributed by atoms with Gasteiger partial charge in [0.2, 0.25) is 0 Å². The Morgan fingerprint density at radius 1 is 1.15 bits per heavy atom. The minimum atomic E-state index is 0.309. The molecule has 0 radical (unpaired) electrons. The van der Waals surface area contributed by atoms with Crippen LogP contribution in [0, 0.1) is 6.92 Å². The minimum Gasteiger partial charge on any atom is -0.359 e. The average molecular weight is 366 g/mol. The summed E-state index contributed by atoms with van der Waals surface area (Å²) in [5.41, 5.74) is 3.36. The van der Waals surface area contributed by atoms with Crippen LogP contribution < -0.4 is 0 Å². The van der Waals surface area contributed by atoms with E-state index in [1.54, 1.807) is 11.8 Å². The van der Waals surface area contributed by atoms with E-state index in [4.69, 9.17) is 4.52 Å². The summed E-state index contributed by atoms with van der Waals surface area (Å²) in [6.45, 7) is 3.87. The van der Waals surface area contributed by atoms with E-state index in [-0.39, 0.29) is 0 Å². The molecule has 0 amide bonds. The first-order chi connectivity index (χ1) is 12.8. The SMILES string of the molecule is Cc1cc([C@H]2CCCN2Cc2cnc(SCc3ccccc3)nc2)on1. The lowest BCUT2D eigenvalue weighted by Crippen LogP contribution is -2.22. The Labute approximate surface area is 157 Å². The molecule has 26 heavy (non-hydrogen) atoms. The summed E-state index contributed by atoms with van der Waals surface area (Å²) < 4.78 is 5.48. The molecule has 0 bridgehead atoms. The van der Waals surface area contributed by atoms with Crippen LogP contribution in [0.4, 0.5) is 0 Å². The van der Waals surface area contributed by atoms with Gasteiger partial charge in [0.05, 0.1) is 11.7 Å². The predicted octanol–water partition coefficient (Wildman–Crippen LogP) is 4.40. The lowest BCUT2D eigenvalue weighted by Gasteiger charge is -2.21. The van der Waals surface area contributed by atoms with Crippen molar-refractivity contribution >= 4 is 11.8 Å². The quantitative estimate of drug-likeness (QED) is 0.476. The van der Waals surface area contributed by atoms with E-state index in [2.05, 4.69) is 44.3 Å². The van der Waals surface area contributed by atoms with Gasteiger partial charge in [0.1, 0.15) is 0 Å². The fourth-order valence-corrected chi connectivity index (χ4v) is 4.08. The van der Waals surface area contributed by atoms with Crippen molar-refractivity contribution in [3.63, 3.8) is 0 Å². The first-order valence-electron chi connectivity index (χ1n) is 8.93. The van der Waals surface area contributed by atoms with E-state index >= 15 is 0 Å². The summed E-state index contributed by atoms with van der Waals surface area (Å²) >= 11 is 1.67. The zero-order valence-corrected chi connectivity index (χ0v) is 15.7. The van der Waals surface area contributed by atoms with Crippen LogP contribution in [0.1, 0.15) is 41.5 Å². The molecule has 1 fully saturated rings. The molecule has 3 aromatic rings. The highest BCUT2D eigenvalue weighted by molar-refractivity contribution is 7.98. The molecule has 1 aromatic carbocycles. The summed E-state index contributed by atoms with van der Waals surface area (Å²) in [4.78, 5) is 11.5. The number of hydrogen-bond acceptors (Lipinski definition) is 6. The molecule has 0 unspecified atom stereocenters. The van der Waals surface area contributed by atoms with Gasteiger partial charge in [-0.1, -0.05) is 47.3 Å². The number of rotatable bonds is 6. The average Bonchev–Trinajstić information content (AvgIpc) is 3.31. The largest absolute Gasteiger partial charge is 0.359 e. The minimum absolute atomic E-state index is 0.309. The third-order valence-electron chi connectivity index (χ3n) is 4.62. The molecule has 5 nitrogen and oxygen atoms in total. The highest BCUT2D eigenvalue weighted by Gasteiger charge is 2.29. The fourth-order valence-electron chi connectivity index (χ4n) is 3.33. The number of likely N-dealkylation sites (tertiary alicyclic amines) is 1. The Morgan fingerprint density at radius 2 is 1.96 bits per heavy atom. The van der Waals surface area contributed by atoms with Gasteiger partial charge >= 0.3 is 0 Å². The van der Waals surface area contributed by atoms with Gasteiger partial charge in [-0.05, 0) is 31.9 Å². The normalized spacial score (nSPS) is 17.7. The van der Waals surface area contributed by atoms with Crippen molar-refractivity contribution in [2.45, 2.75) is 43.3 Å². The molecule has 0 aliphatic carbocycles.